The Morgan fingerprint density at radius 3 is 2.04 bits per heavy atom. The van der Waals surface area contributed by atoms with E-state index >= 15 is 0 Å². The lowest BCUT2D eigenvalue weighted by molar-refractivity contribution is -0.557. The fraction of sp³-hybridized carbons (Fsp3) is 0.125. The lowest BCUT2D eigenvalue weighted by Gasteiger charge is -1.96. The van der Waals surface area contributed by atoms with E-state index in [1.54, 1.807) is 0 Å². The number of hydrogen-bond acceptors (Lipinski definition) is 0. The van der Waals surface area contributed by atoms with Gasteiger partial charge in [0, 0.05) is 5.02 Å². The molecule has 0 aliphatic heterocycles. The van der Waals surface area contributed by atoms with Crippen LogP contribution >= 0.6 is 11.6 Å². The van der Waals surface area contributed by atoms with Gasteiger partial charge in [-0.15, -0.1) is 0 Å². The summed E-state index contributed by atoms with van der Waals surface area (Å²) in [6.07, 6.45) is 4.50. The molecule has 0 spiro atoms. The van der Waals surface area contributed by atoms with E-state index in [-0.39, 0.29) is 21.2 Å². The molecule has 2 aromatic rings. The van der Waals surface area contributed by atoms with Gasteiger partial charge in [-0.1, -0.05) is 41.9 Å². The van der Waals surface area contributed by atoms with Gasteiger partial charge in [0.25, 0.3) is 0 Å². The van der Waals surface area contributed by atoms with Crippen molar-refractivity contribution >= 4 is 18.9 Å². The number of benzene rings is 2. The molecule has 0 amide bonds. The molecule has 0 N–H and O–H groups in total. The maximum absolute atomic E-state index is 9.75. The smallest absolute Gasteiger partial charge is 0.418 e. The molecule has 2 rings (SSSR count). The first-order chi connectivity index (χ1) is 10.8. The first-order valence-electron chi connectivity index (χ1n) is 6.80. The van der Waals surface area contributed by atoms with Crippen molar-refractivity contribution in [1.29, 1.82) is 0 Å². The third-order valence-corrected chi connectivity index (χ3v) is 5.08. The van der Waals surface area contributed by atoms with Crippen LogP contribution in [0, 0.1) is 3.57 Å². The lowest BCUT2D eigenvalue weighted by atomic mass is 10.1. The molecule has 23 heavy (non-hydrogen) atoms. The van der Waals surface area contributed by atoms with Crippen LogP contribution in [0.15, 0.2) is 64.8 Å². The molecule has 0 aliphatic carbocycles. The van der Waals surface area contributed by atoms with Crippen LogP contribution in [0.3, 0.4) is 0 Å². The summed E-state index contributed by atoms with van der Waals surface area (Å²) in [5.41, 5.74) is 1.35. The summed E-state index contributed by atoms with van der Waals surface area (Å²) in [7, 11) is -6.00. The lowest BCUT2D eigenvalue weighted by Crippen LogP contribution is -3.59. The number of aryl methyl sites for hydroxylation is 1. The summed E-state index contributed by atoms with van der Waals surface area (Å²) < 4.78 is 42.8. The molecule has 0 heterocycles. The average molecular weight is 456 g/mol. The second-order valence-corrected chi connectivity index (χ2v) is 7.45. The summed E-state index contributed by atoms with van der Waals surface area (Å²) in [6.45, 7) is 0. The summed E-state index contributed by atoms with van der Waals surface area (Å²) in [5, 5.41) is 0.809. The number of halogens is 6. The zero-order valence-corrected chi connectivity index (χ0v) is 15.0. The maximum atomic E-state index is 9.75. The van der Waals surface area contributed by atoms with Crippen molar-refractivity contribution in [3.63, 3.8) is 0 Å². The van der Waals surface area contributed by atoms with Crippen LogP contribution in [-0.4, -0.2) is 7.25 Å². The van der Waals surface area contributed by atoms with Gasteiger partial charge in [-0.25, -0.2) is 0 Å². The van der Waals surface area contributed by atoms with Gasteiger partial charge >= 0.3 is 28.5 Å². The van der Waals surface area contributed by atoms with Crippen molar-refractivity contribution in [3.05, 3.63) is 78.9 Å². The van der Waals surface area contributed by atoms with Crippen molar-refractivity contribution in [3.8, 4) is 0 Å². The van der Waals surface area contributed by atoms with E-state index in [0.717, 1.165) is 17.9 Å². The summed E-state index contributed by atoms with van der Waals surface area (Å²) in [6, 6.07) is 18.8. The van der Waals surface area contributed by atoms with E-state index < -0.39 is 7.25 Å². The van der Waals surface area contributed by atoms with Gasteiger partial charge < -0.3 is 17.3 Å². The maximum Gasteiger partial charge on any atom is 0.673 e. The largest absolute Gasteiger partial charge is 0.673 e. The van der Waals surface area contributed by atoms with Crippen molar-refractivity contribution in [2.45, 2.75) is 12.8 Å². The van der Waals surface area contributed by atoms with Crippen molar-refractivity contribution in [1.82, 2.24) is 0 Å². The molecule has 0 aromatic heterocycles. The molecule has 0 fully saturated rings. The molecule has 0 bridgehead atoms. The SMILES string of the molecule is Clc1ccc(CC/C=C/[I+]c2ccccc2)cc1.F[B-](F)(F)F. The standard InChI is InChI=1S/C16H15ClI.BF4/c17-15-11-9-14(10-12-15)6-4-5-13-18-16-7-2-1-3-8-16;2-1(3,4)5/h1-3,5,7-13H,4,6H2;/q+1;-1/b13-5+;. The van der Waals surface area contributed by atoms with Gasteiger partial charge in [0.15, 0.2) is 7.65 Å². The Bertz CT molecular complexity index is 579. The van der Waals surface area contributed by atoms with E-state index in [0.29, 0.717) is 0 Å². The Morgan fingerprint density at radius 2 is 1.48 bits per heavy atom. The first kappa shape index (κ1) is 20.0. The molecule has 0 aliphatic rings. The van der Waals surface area contributed by atoms with Gasteiger partial charge in [-0.2, -0.15) is 0 Å². The van der Waals surface area contributed by atoms with Crippen molar-refractivity contribution < 1.29 is 38.5 Å². The first-order valence-corrected chi connectivity index (χ1v) is 9.50. The van der Waals surface area contributed by atoms with E-state index in [1.165, 1.54) is 9.13 Å². The fourth-order valence-electron chi connectivity index (χ4n) is 1.57. The third-order valence-electron chi connectivity index (χ3n) is 2.52. The minimum atomic E-state index is -6.00. The third kappa shape index (κ3) is 12.1. The Hall–Kier alpha value is -1.02. The zero-order chi connectivity index (χ0) is 17.1. The van der Waals surface area contributed by atoms with Crippen LogP contribution in [0.2, 0.25) is 5.02 Å². The minimum absolute atomic E-state index is 0.0372. The summed E-state index contributed by atoms with van der Waals surface area (Å²) in [5.74, 6) is 0. The Labute approximate surface area is 148 Å². The van der Waals surface area contributed by atoms with Crippen LogP contribution in [0.1, 0.15) is 12.0 Å². The number of allylic oxidation sites excluding steroid dienone is 1. The van der Waals surface area contributed by atoms with Gasteiger partial charge in [-0.05, 0) is 48.7 Å². The zero-order valence-electron chi connectivity index (χ0n) is 12.1. The van der Waals surface area contributed by atoms with Gasteiger partial charge in [0.05, 0.1) is 0 Å². The van der Waals surface area contributed by atoms with Crippen LogP contribution in [0.25, 0.3) is 0 Å². The van der Waals surface area contributed by atoms with E-state index in [9.17, 15) is 17.3 Å². The molecule has 7 heteroatoms. The molecular weight excluding hydrogens is 441 g/mol. The normalized spacial score (nSPS) is 11.2. The summed E-state index contributed by atoms with van der Waals surface area (Å²) in [4.78, 5) is 0. The van der Waals surface area contributed by atoms with Crippen molar-refractivity contribution in [2.24, 2.45) is 0 Å². The highest BCUT2D eigenvalue weighted by atomic mass is 127. The van der Waals surface area contributed by atoms with E-state index in [2.05, 4.69) is 52.6 Å². The highest BCUT2D eigenvalue weighted by Crippen LogP contribution is 2.10. The molecule has 124 valence electrons. The Morgan fingerprint density at radius 1 is 0.913 bits per heavy atom. The monoisotopic (exact) mass is 456 g/mol. The van der Waals surface area contributed by atoms with Crippen LogP contribution in [0.4, 0.5) is 17.3 Å². The minimum Gasteiger partial charge on any atom is -0.418 e. The number of rotatable bonds is 5. The van der Waals surface area contributed by atoms with E-state index in [1.807, 2.05) is 12.1 Å². The predicted octanol–water partition coefficient (Wildman–Crippen LogP) is 3.05. The predicted molar refractivity (Wildman–Crippen MR) is 84.2 cm³/mol. The molecule has 0 saturated heterocycles. The van der Waals surface area contributed by atoms with Crippen LogP contribution < -0.4 is 21.2 Å². The van der Waals surface area contributed by atoms with Gasteiger partial charge in [-0.3, -0.25) is 0 Å². The van der Waals surface area contributed by atoms with Crippen molar-refractivity contribution in [2.75, 3.05) is 0 Å². The molecule has 0 nitrogen and oxygen atoms in total. The van der Waals surface area contributed by atoms with E-state index in [4.69, 9.17) is 11.6 Å². The second-order valence-electron chi connectivity index (χ2n) is 4.43. The average Bonchev–Trinajstić information content (AvgIpc) is 2.48. The van der Waals surface area contributed by atoms with Gasteiger partial charge in [0.2, 0.25) is 0 Å². The Balaban J connectivity index is 0.000000463. The molecule has 2 aromatic carbocycles. The topological polar surface area (TPSA) is 0 Å². The number of hydrogen-bond donors (Lipinski definition) is 0. The molecular formula is C16H15BClF4I. The quantitative estimate of drug-likeness (QED) is 0.369. The van der Waals surface area contributed by atoms with Crippen LogP contribution in [0.5, 0.6) is 0 Å². The van der Waals surface area contributed by atoms with Gasteiger partial charge in [0.1, 0.15) is 0 Å². The fourth-order valence-corrected chi connectivity index (χ4v) is 3.55. The Kier molecular flexibility index (Phi) is 9.32. The molecule has 0 atom stereocenters. The van der Waals surface area contributed by atoms with Crippen LogP contribution in [-0.2, 0) is 6.42 Å². The highest BCUT2D eigenvalue weighted by Gasteiger charge is 2.20. The molecule has 0 unspecified atom stereocenters. The molecule has 0 radical (unpaired) electrons. The summed E-state index contributed by atoms with van der Waals surface area (Å²) >= 11 is 5.89. The second kappa shape index (κ2) is 10.7. The highest BCUT2D eigenvalue weighted by molar-refractivity contribution is 6.50. The molecule has 0 saturated carbocycles.